The van der Waals surface area contributed by atoms with E-state index in [2.05, 4.69) is 39.9 Å². The average Bonchev–Trinajstić information content (AvgIpc) is 3.57. The lowest BCUT2D eigenvalue weighted by Gasteiger charge is -2.38. The van der Waals surface area contributed by atoms with E-state index < -0.39 is 12.0 Å². The summed E-state index contributed by atoms with van der Waals surface area (Å²) >= 11 is 0. The maximum atomic E-state index is 14.0. The highest BCUT2D eigenvalue weighted by atomic mass is 32.1. The third kappa shape index (κ3) is 6.87. The van der Waals surface area contributed by atoms with E-state index >= 15 is 0 Å². The van der Waals surface area contributed by atoms with E-state index in [0.717, 1.165) is 46.6 Å². The van der Waals surface area contributed by atoms with E-state index in [1.807, 2.05) is 11.1 Å². The van der Waals surface area contributed by atoms with Gasteiger partial charge in [-0.3, -0.25) is 14.8 Å². The Bertz CT molecular complexity index is 1560. The van der Waals surface area contributed by atoms with Crippen LogP contribution in [0.25, 0.3) is 10.9 Å². The standard InChI is InChI=1S/C31H40F2N8O3.H2S/c1-20-14-25-24(16-34-37-25)28(21(20)2)41-8-7-23-26(17-41)35-30(44-18-22-15-31(32,33)19-38(22)3)36-29(23)40-11-9-39(10-12-40)27(42)6-5-13-43-4;/h5-6,14,16,22H,7-13,15,17-19H2,1-4H3,(H,34,37);1H2/b6-5+;/t22-;/m0./s1. The van der Waals surface area contributed by atoms with E-state index in [-0.39, 0.29) is 45.0 Å². The number of hydrogen-bond donors (Lipinski definition) is 1. The van der Waals surface area contributed by atoms with Crippen LogP contribution in [-0.2, 0) is 22.5 Å². The molecule has 5 heterocycles. The van der Waals surface area contributed by atoms with Gasteiger partial charge in [-0.2, -0.15) is 28.6 Å². The minimum Gasteiger partial charge on any atom is -0.462 e. The van der Waals surface area contributed by atoms with E-state index in [0.29, 0.717) is 39.3 Å². The number of aromatic nitrogens is 4. The molecule has 2 fully saturated rings. The lowest BCUT2D eigenvalue weighted by molar-refractivity contribution is -0.126. The summed E-state index contributed by atoms with van der Waals surface area (Å²) < 4.78 is 39.2. The van der Waals surface area contributed by atoms with Gasteiger partial charge in [0, 0.05) is 69.3 Å². The van der Waals surface area contributed by atoms with E-state index in [9.17, 15) is 13.6 Å². The highest BCUT2D eigenvalue weighted by molar-refractivity contribution is 7.59. The zero-order chi connectivity index (χ0) is 31.0. The number of alkyl halides is 2. The number of amides is 1. The first-order valence-corrected chi connectivity index (χ1v) is 15.1. The second kappa shape index (κ2) is 13.5. The topological polar surface area (TPSA) is 103 Å². The third-order valence-electron chi connectivity index (χ3n) is 9.03. The second-order valence-electron chi connectivity index (χ2n) is 12.0. The fourth-order valence-corrected chi connectivity index (χ4v) is 6.53. The lowest BCUT2D eigenvalue weighted by atomic mass is 9.99. The molecule has 244 valence electrons. The third-order valence-corrected chi connectivity index (χ3v) is 9.03. The molecule has 0 unspecified atom stereocenters. The molecule has 1 aromatic carbocycles. The van der Waals surface area contributed by atoms with Crippen molar-refractivity contribution in [1.82, 2.24) is 30.0 Å². The number of rotatable bonds is 8. The number of likely N-dealkylation sites (N-methyl/N-ethyl adjacent to an activating group) is 1. The summed E-state index contributed by atoms with van der Waals surface area (Å²) in [6, 6.07) is 1.89. The summed E-state index contributed by atoms with van der Waals surface area (Å²) in [5, 5.41) is 8.45. The molecule has 11 nitrogen and oxygen atoms in total. The van der Waals surface area contributed by atoms with E-state index in [1.165, 1.54) is 11.1 Å². The first-order valence-electron chi connectivity index (χ1n) is 15.1. The number of H-pyrrole nitrogens is 1. The second-order valence-corrected chi connectivity index (χ2v) is 12.0. The van der Waals surface area contributed by atoms with Crippen LogP contribution in [0.1, 0.15) is 28.8 Å². The molecule has 3 aliphatic rings. The van der Waals surface area contributed by atoms with Crippen molar-refractivity contribution >= 4 is 41.8 Å². The average molecular weight is 645 g/mol. The van der Waals surface area contributed by atoms with Gasteiger partial charge in [0.05, 0.1) is 42.8 Å². The molecule has 1 amide bonds. The molecule has 3 aliphatic heterocycles. The van der Waals surface area contributed by atoms with Crippen LogP contribution < -0.4 is 14.5 Å². The van der Waals surface area contributed by atoms with Gasteiger partial charge in [-0.1, -0.05) is 6.08 Å². The maximum absolute atomic E-state index is 14.0. The number of piperazine rings is 1. The summed E-state index contributed by atoms with van der Waals surface area (Å²) in [4.78, 5) is 30.3. The molecule has 1 atom stereocenters. The zero-order valence-corrected chi connectivity index (χ0v) is 27.3. The number of anilines is 2. The molecule has 3 aromatic rings. The fraction of sp³-hybridized carbons (Fsp3) is 0.548. The lowest BCUT2D eigenvalue weighted by Crippen LogP contribution is -2.49. The van der Waals surface area contributed by atoms with Gasteiger partial charge < -0.3 is 24.2 Å². The molecule has 14 heteroatoms. The van der Waals surface area contributed by atoms with Crippen molar-refractivity contribution in [1.29, 1.82) is 0 Å². The smallest absolute Gasteiger partial charge is 0.318 e. The molecule has 45 heavy (non-hydrogen) atoms. The first-order chi connectivity index (χ1) is 21.1. The highest BCUT2D eigenvalue weighted by Crippen LogP contribution is 2.37. The largest absolute Gasteiger partial charge is 0.462 e. The predicted octanol–water partition coefficient (Wildman–Crippen LogP) is 3.21. The summed E-state index contributed by atoms with van der Waals surface area (Å²) in [5.74, 6) is -1.97. The van der Waals surface area contributed by atoms with Crippen molar-refractivity contribution in [2.24, 2.45) is 0 Å². The van der Waals surface area contributed by atoms with Gasteiger partial charge in [0.25, 0.3) is 5.92 Å². The number of methoxy groups -OCH3 is 1. The molecule has 0 aliphatic carbocycles. The van der Waals surface area contributed by atoms with Crippen LogP contribution >= 0.6 is 13.5 Å². The minimum absolute atomic E-state index is 0. The van der Waals surface area contributed by atoms with Crippen LogP contribution in [0.2, 0.25) is 0 Å². The number of nitrogens with zero attached hydrogens (tertiary/aromatic N) is 7. The van der Waals surface area contributed by atoms with Gasteiger partial charge in [-0.15, -0.1) is 0 Å². The number of hydrogen-bond acceptors (Lipinski definition) is 9. The SMILES string of the molecule is COC/C=C/C(=O)N1CCN(c2nc(OC[C@@H]3CC(F)(F)CN3C)nc3c2CCN(c2c(C)c(C)cc4[nH]ncc24)C3)CC1.S. The summed E-state index contributed by atoms with van der Waals surface area (Å²) in [6.45, 7) is 8.08. The Kier molecular flexibility index (Phi) is 9.85. The van der Waals surface area contributed by atoms with Crippen molar-refractivity contribution in [2.75, 3.05) is 76.4 Å². The molecule has 0 spiro atoms. The van der Waals surface area contributed by atoms with Crippen LogP contribution in [0, 0.1) is 13.8 Å². The van der Waals surface area contributed by atoms with Crippen molar-refractivity contribution in [2.45, 2.75) is 45.2 Å². The number of carbonyl (C=O) groups excluding carboxylic acids is 1. The first kappa shape index (κ1) is 32.9. The van der Waals surface area contributed by atoms with Gasteiger partial charge in [0.15, 0.2) is 0 Å². The van der Waals surface area contributed by atoms with Gasteiger partial charge in [0.2, 0.25) is 5.91 Å². The number of ether oxygens (including phenoxy) is 2. The van der Waals surface area contributed by atoms with Gasteiger partial charge in [0.1, 0.15) is 12.4 Å². The normalized spacial score (nSPS) is 20.1. The van der Waals surface area contributed by atoms with Gasteiger partial charge >= 0.3 is 6.01 Å². The van der Waals surface area contributed by atoms with Crippen LogP contribution in [0.15, 0.2) is 24.4 Å². The Morgan fingerprint density at radius 3 is 2.64 bits per heavy atom. The number of carbonyl (C=O) groups is 1. The summed E-state index contributed by atoms with van der Waals surface area (Å²) in [7, 11) is 3.28. The molecular weight excluding hydrogens is 602 g/mol. The molecule has 0 saturated carbocycles. The molecule has 6 rings (SSSR count). The Labute approximate surface area is 269 Å². The monoisotopic (exact) mass is 644 g/mol. The van der Waals surface area contributed by atoms with Crippen molar-refractivity contribution in [3.63, 3.8) is 0 Å². The van der Waals surface area contributed by atoms with Crippen molar-refractivity contribution in [3.05, 3.63) is 46.8 Å². The number of benzene rings is 1. The van der Waals surface area contributed by atoms with Crippen molar-refractivity contribution < 1.29 is 23.0 Å². The van der Waals surface area contributed by atoms with Crippen LogP contribution in [0.3, 0.4) is 0 Å². The Morgan fingerprint density at radius 1 is 1.16 bits per heavy atom. The Morgan fingerprint density at radius 2 is 1.93 bits per heavy atom. The van der Waals surface area contributed by atoms with Crippen LogP contribution in [-0.4, -0.2) is 114 Å². The number of aryl methyl sites for hydroxylation is 1. The predicted molar refractivity (Wildman–Crippen MR) is 174 cm³/mol. The fourth-order valence-electron chi connectivity index (χ4n) is 6.53. The van der Waals surface area contributed by atoms with Crippen molar-refractivity contribution in [3.8, 4) is 6.01 Å². The summed E-state index contributed by atoms with van der Waals surface area (Å²) in [6.07, 6.45) is 5.62. The minimum atomic E-state index is -2.73. The zero-order valence-electron chi connectivity index (χ0n) is 26.3. The number of aromatic amines is 1. The van der Waals surface area contributed by atoms with E-state index in [4.69, 9.17) is 19.4 Å². The molecule has 1 N–H and O–H groups in total. The summed E-state index contributed by atoms with van der Waals surface area (Å²) in [5.41, 5.74) is 6.41. The van der Waals surface area contributed by atoms with Crippen LogP contribution in [0.5, 0.6) is 6.01 Å². The molecule has 0 radical (unpaired) electrons. The molecule has 2 saturated heterocycles. The Hall–Kier alpha value is -3.49. The molecular formula is C31H42F2N8O3S. The van der Waals surface area contributed by atoms with E-state index in [1.54, 1.807) is 31.2 Å². The number of likely N-dealkylation sites (tertiary alicyclic amines) is 1. The number of halogens is 2. The quantitative estimate of drug-likeness (QED) is 0.371. The molecule has 0 bridgehead atoms. The maximum Gasteiger partial charge on any atom is 0.318 e. The van der Waals surface area contributed by atoms with Gasteiger partial charge in [-0.05, 0) is 44.5 Å². The highest BCUT2D eigenvalue weighted by Gasteiger charge is 2.43. The Balaban J connectivity index is 0.00000400. The van der Waals surface area contributed by atoms with Gasteiger partial charge in [-0.25, -0.2) is 8.78 Å². The number of fused-ring (bicyclic) bond motifs is 2. The molecule has 2 aromatic heterocycles. The van der Waals surface area contributed by atoms with Crippen LogP contribution in [0.4, 0.5) is 20.3 Å². The number of nitrogens with one attached hydrogen (secondary N) is 1.